The van der Waals surface area contributed by atoms with Crippen molar-refractivity contribution in [1.29, 1.82) is 0 Å². The Bertz CT molecular complexity index is 1180. The third-order valence-corrected chi connectivity index (χ3v) is 11.8. The molecular weight excluding hydrogens is 518 g/mol. The van der Waals surface area contributed by atoms with Crippen LogP contribution in [0.15, 0.2) is 118 Å². The monoisotopic (exact) mass is 546 g/mol. The molecule has 0 heterocycles. The van der Waals surface area contributed by atoms with E-state index in [1.807, 2.05) is 0 Å². The Morgan fingerprint density at radius 1 is 0.531 bits per heavy atom. The molecule has 1 aliphatic rings. The summed E-state index contributed by atoms with van der Waals surface area (Å²) in [6, 6.07) is 40.7. The molecule has 0 aliphatic heterocycles. The fourth-order valence-corrected chi connectivity index (χ4v) is 10.1. The average Bonchev–Trinajstić information content (AvgIpc) is 2.83. The van der Waals surface area contributed by atoms with Crippen LogP contribution in [0.4, 0.5) is 0 Å². The number of aryl methyl sites for hydroxylation is 2. The fraction of sp³-hybridized carbons (Fsp3) is 0.133. The minimum atomic E-state index is -0.0108. The minimum absolute atomic E-state index is 0.0108. The molecular formula is C30H26Se2. The van der Waals surface area contributed by atoms with E-state index in [2.05, 4.69) is 123 Å². The van der Waals surface area contributed by atoms with Crippen LogP contribution in [-0.4, -0.2) is 29.9 Å². The third-order valence-electron chi connectivity index (χ3n) is 6.10. The van der Waals surface area contributed by atoms with Crippen molar-refractivity contribution in [1.82, 2.24) is 0 Å². The topological polar surface area (TPSA) is 0 Å². The van der Waals surface area contributed by atoms with Crippen LogP contribution in [0.5, 0.6) is 0 Å². The van der Waals surface area contributed by atoms with Crippen LogP contribution in [0.1, 0.15) is 28.7 Å². The molecule has 0 atom stereocenters. The molecule has 0 amide bonds. The molecule has 0 spiro atoms. The number of hydrogen-bond donors (Lipinski definition) is 0. The molecule has 158 valence electrons. The Labute approximate surface area is 204 Å². The molecule has 4 aromatic carbocycles. The van der Waals surface area contributed by atoms with Crippen molar-refractivity contribution in [2.24, 2.45) is 0 Å². The van der Waals surface area contributed by atoms with Gasteiger partial charge in [0.15, 0.2) is 0 Å². The van der Waals surface area contributed by atoms with E-state index in [4.69, 9.17) is 0 Å². The SMILES string of the molecule is Cc1ccc(C2(c3ccc(C)cc3)CC([Se]c3ccccc3)=C2[Se]c2ccccc2)cc1. The summed E-state index contributed by atoms with van der Waals surface area (Å²) in [6.45, 7) is 4.36. The Kier molecular flexibility index (Phi) is 6.22. The predicted molar refractivity (Wildman–Crippen MR) is 138 cm³/mol. The maximum atomic E-state index is 2.36. The van der Waals surface area contributed by atoms with Crippen molar-refractivity contribution in [2.75, 3.05) is 0 Å². The second-order valence-electron chi connectivity index (χ2n) is 8.40. The second-order valence-corrected chi connectivity index (χ2v) is 13.1. The predicted octanol–water partition coefficient (Wildman–Crippen LogP) is 5.26. The van der Waals surface area contributed by atoms with Gasteiger partial charge in [0.05, 0.1) is 0 Å². The van der Waals surface area contributed by atoms with E-state index in [0.717, 1.165) is 6.42 Å². The molecule has 0 nitrogen and oxygen atoms in total. The number of benzene rings is 4. The molecule has 0 saturated carbocycles. The van der Waals surface area contributed by atoms with Gasteiger partial charge in [-0.3, -0.25) is 0 Å². The van der Waals surface area contributed by atoms with Crippen LogP contribution >= 0.6 is 0 Å². The molecule has 0 bridgehead atoms. The summed E-state index contributed by atoms with van der Waals surface area (Å²) in [5.41, 5.74) is 5.50. The van der Waals surface area contributed by atoms with Crippen LogP contribution in [-0.2, 0) is 5.41 Å². The van der Waals surface area contributed by atoms with Gasteiger partial charge in [-0.15, -0.1) is 0 Å². The summed E-state index contributed by atoms with van der Waals surface area (Å²) in [5, 5.41) is 0. The normalized spacial score (nSPS) is 14.8. The summed E-state index contributed by atoms with van der Waals surface area (Å²) < 4.78 is 6.26. The van der Waals surface area contributed by atoms with Crippen LogP contribution in [0.25, 0.3) is 0 Å². The quantitative estimate of drug-likeness (QED) is 0.291. The number of allylic oxidation sites excluding steroid dienone is 2. The van der Waals surface area contributed by atoms with E-state index in [1.165, 1.54) is 31.2 Å². The maximum absolute atomic E-state index is 2.36. The summed E-state index contributed by atoms with van der Waals surface area (Å²) in [7, 11) is 0. The van der Waals surface area contributed by atoms with E-state index >= 15 is 0 Å². The van der Waals surface area contributed by atoms with Gasteiger partial charge in [-0.25, -0.2) is 0 Å². The zero-order valence-electron chi connectivity index (χ0n) is 18.4. The molecule has 0 N–H and O–H groups in total. The molecule has 2 heteroatoms. The first-order chi connectivity index (χ1) is 15.6. The zero-order chi connectivity index (χ0) is 22.0. The van der Waals surface area contributed by atoms with E-state index < -0.39 is 0 Å². The van der Waals surface area contributed by atoms with Crippen molar-refractivity contribution in [3.8, 4) is 0 Å². The molecule has 5 rings (SSSR count). The van der Waals surface area contributed by atoms with Gasteiger partial charge >= 0.3 is 205 Å². The standard InChI is InChI=1S/C30H26Se2/c1-22-13-17-24(18-14-22)30(25-19-15-23(2)16-20-25)21-28(31-26-9-5-3-6-10-26)29(30)32-27-11-7-4-8-12-27/h3-20H,21H2,1-2H3. The first kappa shape index (κ1) is 21.5. The van der Waals surface area contributed by atoms with Crippen molar-refractivity contribution < 1.29 is 0 Å². The molecule has 0 radical (unpaired) electrons. The van der Waals surface area contributed by atoms with Gasteiger partial charge in [0.25, 0.3) is 0 Å². The molecule has 32 heavy (non-hydrogen) atoms. The first-order valence-corrected chi connectivity index (χ1v) is 14.4. The molecule has 0 fully saturated rings. The number of rotatable bonds is 6. The zero-order valence-corrected chi connectivity index (χ0v) is 21.8. The average molecular weight is 544 g/mol. The molecule has 0 aromatic heterocycles. The van der Waals surface area contributed by atoms with Crippen LogP contribution in [0, 0.1) is 13.8 Å². The van der Waals surface area contributed by atoms with E-state index in [-0.39, 0.29) is 5.41 Å². The van der Waals surface area contributed by atoms with E-state index in [1.54, 1.807) is 8.94 Å². The molecule has 1 aliphatic carbocycles. The Hall–Kier alpha value is -2.34. The van der Waals surface area contributed by atoms with Crippen molar-refractivity contribution in [3.05, 3.63) is 140 Å². The first-order valence-electron chi connectivity index (χ1n) is 11.0. The Morgan fingerprint density at radius 2 is 0.969 bits per heavy atom. The number of hydrogen-bond acceptors (Lipinski definition) is 0. The van der Waals surface area contributed by atoms with Crippen LogP contribution in [0.2, 0.25) is 0 Å². The van der Waals surface area contributed by atoms with Gasteiger partial charge in [-0.2, -0.15) is 0 Å². The van der Waals surface area contributed by atoms with E-state index in [9.17, 15) is 0 Å². The van der Waals surface area contributed by atoms with Gasteiger partial charge in [0.2, 0.25) is 0 Å². The van der Waals surface area contributed by atoms with Gasteiger partial charge in [0.1, 0.15) is 0 Å². The second kappa shape index (κ2) is 9.26. The molecule has 0 unspecified atom stereocenters. The van der Waals surface area contributed by atoms with Gasteiger partial charge in [-0.05, 0) is 0 Å². The molecule has 0 saturated heterocycles. The van der Waals surface area contributed by atoms with Gasteiger partial charge in [-0.1, -0.05) is 0 Å². The van der Waals surface area contributed by atoms with Crippen molar-refractivity contribution in [2.45, 2.75) is 25.7 Å². The van der Waals surface area contributed by atoms with E-state index in [0.29, 0.717) is 29.9 Å². The summed E-state index contributed by atoms with van der Waals surface area (Å²) in [6.07, 6.45) is 1.12. The summed E-state index contributed by atoms with van der Waals surface area (Å²) >= 11 is 0.660. The van der Waals surface area contributed by atoms with Crippen LogP contribution in [0.3, 0.4) is 0 Å². The summed E-state index contributed by atoms with van der Waals surface area (Å²) in [4.78, 5) is 0. The summed E-state index contributed by atoms with van der Waals surface area (Å²) in [5.74, 6) is 0. The Balaban J connectivity index is 1.67. The molecule has 4 aromatic rings. The van der Waals surface area contributed by atoms with Gasteiger partial charge < -0.3 is 0 Å². The third kappa shape index (κ3) is 4.17. The van der Waals surface area contributed by atoms with Crippen molar-refractivity contribution >= 4 is 38.8 Å². The van der Waals surface area contributed by atoms with Crippen LogP contribution < -0.4 is 8.92 Å². The van der Waals surface area contributed by atoms with Gasteiger partial charge in [0, 0.05) is 0 Å². The Morgan fingerprint density at radius 3 is 1.44 bits per heavy atom. The van der Waals surface area contributed by atoms with Crippen molar-refractivity contribution in [3.63, 3.8) is 0 Å². The fourth-order valence-electron chi connectivity index (χ4n) is 4.31.